The van der Waals surface area contributed by atoms with E-state index in [9.17, 15) is 4.39 Å². The molecule has 0 spiro atoms. The molecule has 2 unspecified atom stereocenters. The van der Waals surface area contributed by atoms with E-state index in [1.54, 1.807) is 6.07 Å². The second-order valence-corrected chi connectivity index (χ2v) is 6.19. The van der Waals surface area contributed by atoms with Crippen LogP contribution in [0.4, 0.5) is 4.39 Å². The molecule has 4 heteroatoms. The first-order valence-electron chi connectivity index (χ1n) is 6.26. The molecule has 0 saturated carbocycles. The van der Waals surface area contributed by atoms with Crippen LogP contribution in [-0.4, -0.2) is 6.54 Å². The molecule has 1 N–H and O–H groups in total. The number of nitrogens with one attached hydrogen (secondary N) is 1. The van der Waals surface area contributed by atoms with E-state index in [-0.39, 0.29) is 11.9 Å². The van der Waals surface area contributed by atoms with Gasteiger partial charge in [-0.15, -0.1) is 0 Å². The van der Waals surface area contributed by atoms with Gasteiger partial charge in [-0.25, -0.2) is 4.39 Å². The van der Waals surface area contributed by atoms with E-state index >= 15 is 0 Å². The lowest BCUT2D eigenvalue weighted by molar-refractivity contribution is 0.301. The largest absolute Gasteiger partial charge is 0.310 e. The van der Waals surface area contributed by atoms with Gasteiger partial charge in [0.2, 0.25) is 0 Å². The summed E-state index contributed by atoms with van der Waals surface area (Å²) in [4.78, 5) is 0. The predicted octanol–water partition coefficient (Wildman–Crippen LogP) is 5.18. The topological polar surface area (TPSA) is 12.0 Å². The van der Waals surface area contributed by atoms with Gasteiger partial charge in [-0.1, -0.05) is 39.3 Å². The molecule has 2 atom stereocenters. The fraction of sp³-hybridized carbons (Fsp3) is 0.571. The number of rotatable bonds is 5. The highest BCUT2D eigenvalue weighted by Crippen LogP contribution is 2.34. The Labute approximate surface area is 122 Å². The average Bonchev–Trinajstić information content (AvgIpc) is 2.30. The summed E-state index contributed by atoms with van der Waals surface area (Å²) in [6.07, 6.45) is 0. The molecule has 1 rings (SSSR count). The van der Waals surface area contributed by atoms with Gasteiger partial charge in [-0.3, -0.25) is 0 Å². The molecular formula is C14H20BrClFN. The monoisotopic (exact) mass is 335 g/mol. The summed E-state index contributed by atoms with van der Waals surface area (Å²) in [5, 5.41) is 3.90. The molecular weight excluding hydrogens is 317 g/mol. The van der Waals surface area contributed by atoms with Crippen LogP contribution in [0.15, 0.2) is 16.6 Å². The van der Waals surface area contributed by atoms with Gasteiger partial charge in [0.1, 0.15) is 5.82 Å². The first-order valence-corrected chi connectivity index (χ1v) is 7.43. The average molecular weight is 337 g/mol. The van der Waals surface area contributed by atoms with E-state index in [4.69, 9.17) is 11.6 Å². The Balaban J connectivity index is 3.17. The van der Waals surface area contributed by atoms with E-state index < -0.39 is 0 Å². The molecule has 0 fully saturated rings. The Hall–Kier alpha value is -0.120. The van der Waals surface area contributed by atoms with Crippen LogP contribution in [-0.2, 0) is 0 Å². The molecule has 0 aromatic heterocycles. The van der Waals surface area contributed by atoms with Crippen molar-refractivity contribution in [1.82, 2.24) is 5.32 Å². The van der Waals surface area contributed by atoms with Crippen molar-refractivity contribution in [2.24, 2.45) is 11.8 Å². The first kappa shape index (κ1) is 15.9. The molecule has 0 bridgehead atoms. The second kappa shape index (κ2) is 6.88. The van der Waals surface area contributed by atoms with E-state index in [0.717, 1.165) is 6.54 Å². The van der Waals surface area contributed by atoms with Crippen molar-refractivity contribution in [2.45, 2.75) is 33.7 Å². The van der Waals surface area contributed by atoms with Gasteiger partial charge in [0.05, 0.1) is 5.02 Å². The van der Waals surface area contributed by atoms with Crippen molar-refractivity contribution < 1.29 is 4.39 Å². The molecule has 0 aliphatic heterocycles. The molecule has 0 amide bonds. The minimum absolute atomic E-state index is 0.0133. The van der Waals surface area contributed by atoms with Crippen LogP contribution in [0.2, 0.25) is 5.02 Å². The quantitative estimate of drug-likeness (QED) is 0.730. The van der Waals surface area contributed by atoms with Gasteiger partial charge in [0.15, 0.2) is 0 Å². The summed E-state index contributed by atoms with van der Waals surface area (Å²) in [7, 11) is 0. The van der Waals surface area contributed by atoms with Crippen LogP contribution in [0.1, 0.15) is 39.3 Å². The number of halogens is 3. The van der Waals surface area contributed by atoms with Crippen LogP contribution in [0.3, 0.4) is 0 Å². The van der Waals surface area contributed by atoms with Crippen LogP contribution >= 0.6 is 27.5 Å². The third-order valence-corrected chi connectivity index (χ3v) is 4.57. The van der Waals surface area contributed by atoms with E-state index in [2.05, 4.69) is 42.0 Å². The fourth-order valence-corrected chi connectivity index (χ4v) is 2.45. The molecule has 0 saturated heterocycles. The molecule has 0 aliphatic carbocycles. The predicted molar refractivity (Wildman–Crippen MR) is 79.5 cm³/mol. The summed E-state index contributed by atoms with van der Waals surface area (Å²) in [6, 6.07) is 3.14. The summed E-state index contributed by atoms with van der Waals surface area (Å²) in [5.74, 6) is 0.581. The minimum Gasteiger partial charge on any atom is -0.310 e. The fourth-order valence-electron chi connectivity index (χ4n) is 1.96. The van der Waals surface area contributed by atoms with Crippen LogP contribution < -0.4 is 5.32 Å². The highest BCUT2D eigenvalue weighted by Gasteiger charge is 2.24. The van der Waals surface area contributed by atoms with E-state index in [1.165, 1.54) is 6.07 Å². The molecule has 18 heavy (non-hydrogen) atoms. The number of hydrogen-bond donors (Lipinski definition) is 1. The highest BCUT2D eigenvalue weighted by atomic mass is 79.9. The van der Waals surface area contributed by atoms with Gasteiger partial charge in [0.25, 0.3) is 0 Å². The zero-order chi connectivity index (χ0) is 13.9. The Kier molecular flexibility index (Phi) is 6.09. The molecule has 1 aromatic carbocycles. The summed E-state index contributed by atoms with van der Waals surface area (Å²) >= 11 is 9.31. The van der Waals surface area contributed by atoms with Crippen LogP contribution in [0.5, 0.6) is 0 Å². The van der Waals surface area contributed by atoms with Crippen molar-refractivity contribution in [2.75, 3.05) is 6.54 Å². The molecule has 0 radical (unpaired) electrons. The van der Waals surface area contributed by atoms with E-state index in [1.807, 2.05) is 6.92 Å². The van der Waals surface area contributed by atoms with Crippen molar-refractivity contribution in [1.29, 1.82) is 0 Å². The molecule has 1 nitrogen and oxygen atoms in total. The van der Waals surface area contributed by atoms with Crippen molar-refractivity contribution >= 4 is 27.5 Å². The summed E-state index contributed by atoms with van der Waals surface area (Å²) in [6.45, 7) is 9.25. The van der Waals surface area contributed by atoms with Gasteiger partial charge in [-0.2, -0.15) is 0 Å². The Morgan fingerprint density at radius 1 is 1.33 bits per heavy atom. The van der Waals surface area contributed by atoms with Crippen molar-refractivity contribution in [3.8, 4) is 0 Å². The normalized spacial score (nSPS) is 14.9. The number of hydrogen-bond acceptors (Lipinski definition) is 1. The van der Waals surface area contributed by atoms with Gasteiger partial charge in [0, 0.05) is 16.1 Å². The van der Waals surface area contributed by atoms with Gasteiger partial charge >= 0.3 is 0 Å². The lowest BCUT2D eigenvalue weighted by Gasteiger charge is -2.28. The lowest BCUT2D eigenvalue weighted by atomic mass is 9.86. The number of benzene rings is 1. The second-order valence-electron chi connectivity index (χ2n) is 4.93. The van der Waals surface area contributed by atoms with Crippen LogP contribution in [0.25, 0.3) is 0 Å². The zero-order valence-electron chi connectivity index (χ0n) is 11.2. The molecule has 1 aromatic rings. The third kappa shape index (κ3) is 3.69. The van der Waals surface area contributed by atoms with Gasteiger partial charge < -0.3 is 5.32 Å². The maximum absolute atomic E-state index is 14.1. The summed E-state index contributed by atoms with van der Waals surface area (Å²) in [5.41, 5.74) is 0.645. The SMILES string of the molecule is CCNC(c1cc(Cl)c(Br)cc1F)C(C)C(C)C. The first-order chi connectivity index (χ1) is 8.38. The Morgan fingerprint density at radius 2 is 1.94 bits per heavy atom. The van der Waals surface area contributed by atoms with Crippen molar-refractivity contribution in [3.05, 3.63) is 33.0 Å². The highest BCUT2D eigenvalue weighted by molar-refractivity contribution is 9.10. The third-order valence-electron chi connectivity index (χ3n) is 3.38. The molecule has 0 heterocycles. The maximum Gasteiger partial charge on any atom is 0.129 e. The molecule has 0 aliphatic rings. The summed E-state index contributed by atoms with van der Waals surface area (Å²) < 4.78 is 14.7. The van der Waals surface area contributed by atoms with E-state index in [0.29, 0.717) is 26.9 Å². The Morgan fingerprint density at radius 3 is 2.44 bits per heavy atom. The standard InChI is InChI=1S/C14H20BrClFN/c1-5-18-14(9(4)8(2)3)10-6-12(16)11(15)7-13(10)17/h6-9,14,18H,5H2,1-4H3. The zero-order valence-corrected chi connectivity index (χ0v) is 13.6. The van der Waals surface area contributed by atoms with Crippen LogP contribution in [0, 0.1) is 17.7 Å². The van der Waals surface area contributed by atoms with Gasteiger partial charge in [-0.05, 0) is 46.4 Å². The Bertz CT molecular complexity index is 409. The smallest absolute Gasteiger partial charge is 0.129 e. The minimum atomic E-state index is -0.218. The van der Waals surface area contributed by atoms with Crippen molar-refractivity contribution in [3.63, 3.8) is 0 Å². The molecule has 102 valence electrons. The maximum atomic E-state index is 14.1. The lowest BCUT2D eigenvalue weighted by Crippen LogP contribution is -2.30.